The SMILES string of the molecule is CSc1ncc(Cl)c(C(=O)Nc2ccc(F)cc2)n1. The van der Waals surface area contributed by atoms with Gasteiger partial charge in [-0.25, -0.2) is 14.4 Å². The molecule has 1 N–H and O–H groups in total. The molecule has 7 heteroatoms. The number of hydrogen-bond donors (Lipinski definition) is 1. The Morgan fingerprint density at radius 1 is 1.37 bits per heavy atom. The third-order valence-electron chi connectivity index (χ3n) is 2.22. The summed E-state index contributed by atoms with van der Waals surface area (Å²) in [5.41, 5.74) is 0.553. The predicted octanol–water partition coefficient (Wildman–Crippen LogP) is 3.24. The number of nitrogens with zero attached hydrogens (tertiary/aromatic N) is 2. The summed E-state index contributed by atoms with van der Waals surface area (Å²) in [6.45, 7) is 0. The Morgan fingerprint density at radius 2 is 2.05 bits per heavy atom. The standard InChI is InChI=1S/C12H9ClFN3OS/c1-19-12-15-6-9(13)10(17-12)11(18)16-8-4-2-7(14)3-5-8/h2-6H,1H3,(H,16,18). The molecule has 0 atom stereocenters. The van der Waals surface area contributed by atoms with E-state index in [2.05, 4.69) is 15.3 Å². The molecule has 0 bridgehead atoms. The van der Waals surface area contributed by atoms with Crippen molar-refractivity contribution in [3.05, 3.63) is 47.0 Å². The van der Waals surface area contributed by atoms with Crippen molar-refractivity contribution in [1.29, 1.82) is 0 Å². The highest BCUT2D eigenvalue weighted by molar-refractivity contribution is 7.98. The maximum absolute atomic E-state index is 12.8. The molecule has 1 heterocycles. The number of halogens is 2. The lowest BCUT2D eigenvalue weighted by molar-refractivity contribution is 0.102. The van der Waals surface area contributed by atoms with E-state index in [9.17, 15) is 9.18 Å². The molecule has 0 saturated carbocycles. The minimum atomic E-state index is -0.464. The fraction of sp³-hybridized carbons (Fsp3) is 0.0833. The van der Waals surface area contributed by atoms with Gasteiger partial charge in [0.15, 0.2) is 10.9 Å². The Hall–Kier alpha value is -1.66. The van der Waals surface area contributed by atoms with Gasteiger partial charge in [0.2, 0.25) is 0 Å². The predicted molar refractivity (Wildman–Crippen MR) is 73.2 cm³/mol. The zero-order chi connectivity index (χ0) is 13.8. The van der Waals surface area contributed by atoms with Crippen molar-refractivity contribution in [2.75, 3.05) is 11.6 Å². The molecule has 0 fully saturated rings. The van der Waals surface area contributed by atoms with Crippen LogP contribution in [0.2, 0.25) is 5.02 Å². The van der Waals surface area contributed by atoms with E-state index in [1.54, 1.807) is 6.26 Å². The van der Waals surface area contributed by atoms with E-state index in [0.717, 1.165) is 0 Å². The van der Waals surface area contributed by atoms with Crippen molar-refractivity contribution in [3.8, 4) is 0 Å². The molecular weight excluding hydrogens is 289 g/mol. The van der Waals surface area contributed by atoms with Crippen LogP contribution in [0, 0.1) is 5.82 Å². The lowest BCUT2D eigenvalue weighted by Gasteiger charge is -2.06. The van der Waals surface area contributed by atoms with E-state index < -0.39 is 5.91 Å². The molecule has 0 radical (unpaired) electrons. The number of hydrogen-bond acceptors (Lipinski definition) is 4. The summed E-state index contributed by atoms with van der Waals surface area (Å²) in [6, 6.07) is 5.42. The molecule has 1 amide bonds. The number of anilines is 1. The van der Waals surface area contributed by atoms with Crippen LogP contribution in [-0.2, 0) is 0 Å². The Labute approximate surface area is 118 Å². The van der Waals surface area contributed by atoms with Gasteiger partial charge in [0, 0.05) is 5.69 Å². The zero-order valence-electron chi connectivity index (χ0n) is 9.85. The highest BCUT2D eigenvalue weighted by Gasteiger charge is 2.14. The lowest BCUT2D eigenvalue weighted by atomic mass is 10.3. The van der Waals surface area contributed by atoms with Crippen LogP contribution in [0.5, 0.6) is 0 Å². The topological polar surface area (TPSA) is 54.9 Å². The molecule has 2 aromatic rings. The van der Waals surface area contributed by atoms with Crippen molar-refractivity contribution in [3.63, 3.8) is 0 Å². The van der Waals surface area contributed by atoms with E-state index in [1.807, 2.05) is 0 Å². The smallest absolute Gasteiger partial charge is 0.275 e. The molecule has 0 aliphatic rings. The van der Waals surface area contributed by atoms with Crippen molar-refractivity contribution in [2.45, 2.75) is 5.16 Å². The van der Waals surface area contributed by atoms with E-state index >= 15 is 0 Å². The number of carbonyl (C=O) groups excluding carboxylic acids is 1. The molecule has 2 rings (SSSR count). The highest BCUT2D eigenvalue weighted by atomic mass is 35.5. The van der Waals surface area contributed by atoms with Gasteiger partial charge in [0.1, 0.15) is 5.82 Å². The van der Waals surface area contributed by atoms with E-state index in [4.69, 9.17) is 11.6 Å². The summed E-state index contributed by atoms with van der Waals surface area (Å²) in [6.07, 6.45) is 3.17. The molecule has 0 aliphatic heterocycles. The first-order chi connectivity index (χ1) is 9.10. The van der Waals surface area contributed by atoms with Gasteiger partial charge in [-0.3, -0.25) is 4.79 Å². The second-order valence-corrected chi connectivity index (χ2v) is 4.69. The minimum Gasteiger partial charge on any atom is -0.321 e. The quantitative estimate of drug-likeness (QED) is 0.698. The maximum atomic E-state index is 12.8. The van der Waals surface area contributed by atoms with Gasteiger partial charge in [0.05, 0.1) is 11.2 Å². The third-order valence-corrected chi connectivity index (χ3v) is 3.06. The second-order valence-electron chi connectivity index (χ2n) is 3.51. The summed E-state index contributed by atoms with van der Waals surface area (Å²) in [4.78, 5) is 20.0. The molecule has 0 aliphatic carbocycles. The minimum absolute atomic E-state index is 0.0883. The van der Waals surface area contributed by atoms with Gasteiger partial charge in [-0.2, -0.15) is 0 Å². The number of benzene rings is 1. The summed E-state index contributed by atoms with van der Waals surface area (Å²) >= 11 is 7.19. The molecule has 1 aromatic carbocycles. The average molecular weight is 298 g/mol. The van der Waals surface area contributed by atoms with Crippen molar-refractivity contribution in [1.82, 2.24) is 9.97 Å². The van der Waals surface area contributed by atoms with E-state index in [-0.39, 0.29) is 16.5 Å². The summed E-state index contributed by atoms with van der Waals surface area (Å²) in [5, 5.41) is 3.20. The molecule has 0 unspecified atom stereocenters. The van der Waals surface area contributed by atoms with Crippen molar-refractivity contribution < 1.29 is 9.18 Å². The fourth-order valence-corrected chi connectivity index (χ4v) is 1.85. The monoisotopic (exact) mass is 297 g/mol. The van der Waals surface area contributed by atoms with Crippen LogP contribution in [-0.4, -0.2) is 22.1 Å². The van der Waals surface area contributed by atoms with Crippen molar-refractivity contribution >= 4 is 35.0 Å². The van der Waals surface area contributed by atoms with Gasteiger partial charge in [-0.05, 0) is 30.5 Å². The maximum Gasteiger partial charge on any atom is 0.275 e. The number of nitrogens with one attached hydrogen (secondary N) is 1. The van der Waals surface area contributed by atoms with Crippen LogP contribution >= 0.6 is 23.4 Å². The number of rotatable bonds is 3. The second kappa shape index (κ2) is 5.99. The van der Waals surface area contributed by atoms with Crippen LogP contribution in [0.25, 0.3) is 0 Å². The van der Waals surface area contributed by atoms with Crippen LogP contribution < -0.4 is 5.32 Å². The van der Waals surface area contributed by atoms with Crippen LogP contribution in [0.1, 0.15) is 10.5 Å². The number of amides is 1. The van der Waals surface area contributed by atoms with Gasteiger partial charge < -0.3 is 5.32 Å². The molecule has 98 valence electrons. The molecule has 1 aromatic heterocycles. The Kier molecular flexibility index (Phi) is 4.34. The van der Waals surface area contributed by atoms with Gasteiger partial charge in [-0.15, -0.1) is 0 Å². The average Bonchev–Trinajstić information content (AvgIpc) is 2.42. The number of aromatic nitrogens is 2. The first-order valence-electron chi connectivity index (χ1n) is 5.23. The first kappa shape index (κ1) is 13.8. The highest BCUT2D eigenvalue weighted by Crippen LogP contribution is 2.18. The summed E-state index contributed by atoms with van der Waals surface area (Å²) in [7, 11) is 0. The van der Waals surface area contributed by atoms with Crippen LogP contribution in [0.3, 0.4) is 0 Å². The van der Waals surface area contributed by atoms with E-state index in [1.165, 1.54) is 42.2 Å². The van der Waals surface area contributed by atoms with Gasteiger partial charge in [-0.1, -0.05) is 23.4 Å². The molecule has 0 spiro atoms. The van der Waals surface area contributed by atoms with E-state index in [0.29, 0.717) is 10.8 Å². The zero-order valence-corrected chi connectivity index (χ0v) is 11.4. The lowest BCUT2D eigenvalue weighted by Crippen LogP contribution is -2.15. The van der Waals surface area contributed by atoms with Gasteiger partial charge >= 0.3 is 0 Å². The molecule has 19 heavy (non-hydrogen) atoms. The largest absolute Gasteiger partial charge is 0.321 e. The van der Waals surface area contributed by atoms with Crippen LogP contribution in [0.4, 0.5) is 10.1 Å². The molecular formula is C12H9ClFN3OS. The first-order valence-corrected chi connectivity index (χ1v) is 6.84. The third kappa shape index (κ3) is 3.42. The normalized spacial score (nSPS) is 10.3. The van der Waals surface area contributed by atoms with Gasteiger partial charge in [0.25, 0.3) is 5.91 Å². The Balaban J connectivity index is 2.22. The van der Waals surface area contributed by atoms with Crippen LogP contribution in [0.15, 0.2) is 35.6 Å². The molecule has 0 saturated heterocycles. The molecule has 4 nitrogen and oxygen atoms in total. The summed E-state index contributed by atoms with van der Waals surface area (Å²) < 4.78 is 12.8. The number of carbonyl (C=O) groups is 1. The number of thioether (sulfide) groups is 1. The summed E-state index contributed by atoms with van der Waals surface area (Å²) in [5.74, 6) is -0.836. The Morgan fingerprint density at radius 3 is 2.68 bits per heavy atom. The fourth-order valence-electron chi connectivity index (χ4n) is 1.33. The van der Waals surface area contributed by atoms with Crippen molar-refractivity contribution in [2.24, 2.45) is 0 Å². The Bertz CT molecular complexity index is 606.